The first-order valence-corrected chi connectivity index (χ1v) is 12.7. The molecule has 0 radical (unpaired) electrons. The van der Waals surface area contributed by atoms with Gasteiger partial charge in [0.05, 0.1) is 19.4 Å². The number of hydrogen-bond donors (Lipinski definition) is 3. The van der Waals surface area contributed by atoms with Crippen molar-refractivity contribution in [3.8, 4) is 0 Å². The lowest BCUT2D eigenvalue weighted by atomic mass is 9.74. The lowest BCUT2D eigenvalue weighted by Crippen LogP contribution is -2.46. The Morgan fingerprint density at radius 2 is 1.60 bits per heavy atom. The fourth-order valence-electron chi connectivity index (χ4n) is 4.03. The third-order valence-corrected chi connectivity index (χ3v) is 6.82. The molecule has 1 aliphatic rings. The Kier molecular flexibility index (Phi) is 8.67. The standard InChI is InChI=1S/C24H34NO4P/c26-30(27,28)17-7-16-25-18-22-13-11-21(12-14-22)8-3-2-6-15-24(19-29-20-24)23-9-4-1-5-10-23/h1,4-5,9-14,25H,2-3,6-8,15-20H2,(H2,26,27,28). The van der Waals surface area contributed by atoms with Gasteiger partial charge < -0.3 is 19.8 Å². The van der Waals surface area contributed by atoms with Crippen molar-refractivity contribution in [2.45, 2.75) is 50.5 Å². The van der Waals surface area contributed by atoms with Crippen LogP contribution in [0.15, 0.2) is 54.6 Å². The van der Waals surface area contributed by atoms with Crippen molar-refractivity contribution in [3.63, 3.8) is 0 Å². The van der Waals surface area contributed by atoms with E-state index in [1.807, 2.05) is 0 Å². The Hall–Kier alpha value is -1.49. The van der Waals surface area contributed by atoms with Crippen molar-refractivity contribution in [2.24, 2.45) is 0 Å². The topological polar surface area (TPSA) is 78.8 Å². The van der Waals surface area contributed by atoms with Crippen LogP contribution < -0.4 is 5.32 Å². The summed E-state index contributed by atoms with van der Waals surface area (Å²) in [5, 5.41) is 3.24. The number of unbranched alkanes of at least 4 members (excludes halogenated alkanes) is 2. The summed E-state index contributed by atoms with van der Waals surface area (Å²) in [5.41, 5.74) is 4.22. The monoisotopic (exact) mass is 431 g/mol. The Morgan fingerprint density at radius 3 is 2.23 bits per heavy atom. The highest BCUT2D eigenvalue weighted by atomic mass is 31.2. The van der Waals surface area contributed by atoms with E-state index in [0.29, 0.717) is 13.0 Å². The molecule has 0 bridgehead atoms. The van der Waals surface area contributed by atoms with Crippen LogP contribution >= 0.6 is 7.60 Å². The Morgan fingerprint density at radius 1 is 0.900 bits per heavy atom. The van der Waals surface area contributed by atoms with Crippen LogP contribution in [0.5, 0.6) is 0 Å². The van der Waals surface area contributed by atoms with Gasteiger partial charge >= 0.3 is 7.60 Å². The summed E-state index contributed by atoms with van der Waals surface area (Å²) >= 11 is 0. The van der Waals surface area contributed by atoms with Crippen LogP contribution in [0.2, 0.25) is 0 Å². The number of ether oxygens (including phenoxy) is 1. The zero-order valence-corrected chi connectivity index (χ0v) is 18.5. The summed E-state index contributed by atoms with van der Waals surface area (Å²) in [5.74, 6) is 0. The Labute approximate surface area is 180 Å². The molecular formula is C24H34NO4P. The van der Waals surface area contributed by atoms with E-state index in [1.54, 1.807) is 0 Å². The second-order valence-corrected chi connectivity index (χ2v) is 10.2. The molecule has 2 aromatic carbocycles. The second-order valence-electron chi connectivity index (χ2n) is 8.43. The zero-order chi connectivity index (χ0) is 21.3. The molecule has 0 unspecified atom stereocenters. The fraction of sp³-hybridized carbons (Fsp3) is 0.500. The molecule has 0 amide bonds. The maximum Gasteiger partial charge on any atom is 0.325 e. The molecule has 1 fully saturated rings. The van der Waals surface area contributed by atoms with Crippen molar-refractivity contribution in [1.29, 1.82) is 0 Å². The first-order valence-electron chi connectivity index (χ1n) is 10.9. The van der Waals surface area contributed by atoms with Crippen molar-refractivity contribution >= 4 is 7.60 Å². The molecule has 1 saturated heterocycles. The van der Waals surface area contributed by atoms with Gasteiger partial charge in [0.2, 0.25) is 0 Å². The van der Waals surface area contributed by atoms with Gasteiger partial charge in [0.1, 0.15) is 0 Å². The highest BCUT2D eigenvalue weighted by Gasteiger charge is 2.39. The van der Waals surface area contributed by atoms with Gasteiger partial charge in [-0.25, -0.2) is 0 Å². The van der Waals surface area contributed by atoms with Crippen LogP contribution in [0.1, 0.15) is 48.8 Å². The summed E-state index contributed by atoms with van der Waals surface area (Å²) in [6, 6.07) is 19.4. The zero-order valence-electron chi connectivity index (χ0n) is 17.6. The molecule has 3 N–H and O–H groups in total. The van der Waals surface area contributed by atoms with Gasteiger partial charge in [0, 0.05) is 12.0 Å². The minimum Gasteiger partial charge on any atom is -0.379 e. The van der Waals surface area contributed by atoms with Gasteiger partial charge in [-0.05, 0) is 48.9 Å². The van der Waals surface area contributed by atoms with E-state index in [9.17, 15) is 4.57 Å². The van der Waals surface area contributed by atoms with Gasteiger partial charge in [0.15, 0.2) is 0 Å². The Balaban J connectivity index is 1.30. The summed E-state index contributed by atoms with van der Waals surface area (Å²) in [7, 11) is -3.87. The average molecular weight is 432 g/mol. The maximum atomic E-state index is 10.8. The Bertz CT molecular complexity index is 800. The minimum atomic E-state index is -3.87. The van der Waals surface area contributed by atoms with Crippen molar-refractivity contribution < 1.29 is 19.1 Å². The van der Waals surface area contributed by atoms with E-state index in [-0.39, 0.29) is 11.6 Å². The lowest BCUT2D eigenvalue weighted by Gasteiger charge is -2.42. The molecule has 3 rings (SSSR count). The van der Waals surface area contributed by atoms with Gasteiger partial charge in [-0.3, -0.25) is 4.57 Å². The van der Waals surface area contributed by atoms with E-state index in [0.717, 1.165) is 26.2 Å². The molecule has 0 aliphatic carbocycles. The van der Waals surface area contributed by atoms with Crippen molar-refractivity contribution in [3.05, 3.63) is 71.3 Å². The van der Waals surface area contributed by atoms with Crippen LogP contribution in [0.3, 0.4) is 0 Å². The van der Waals surface area contributed by atoms with E-state index in [1.165, 1.54) is 42.4 Å². The molecule has 2 aromatic rings. The van der Waals surface area contributed by atoms with Gasteiger partial charge in [0.25, 0.3) is 0 Å². The van der Waals surface area contributed by atoms with Crippen LogP contribution in [-0.4, -0.2) is 35.7 Å². The predicted molar refractivity (Wildman–Crippen MR) is 121 cm³/mol. The molecule has 0 spiro atoms. The molecular weight excluding hydrogens is 397 g/mol. The second kappa shape index (κ2) is 11.2. The van der Waals surface area contributed by atoms with Gasteiger partial charge in [-0.2, -0.15) is 0 Å². The van der Waals surface area contributed by atoms with Gasteiger partial charge in [-0.15, -0.1) is 0 Å². The van der Waals surface area contributed by atoms with Crippen molar-refractivity contribution in [1.82, 2.24) is 5.32 Å². The molecule has 30 heavy (non-hydrogen) atoms. The smallest absolute Gasteiger partial charge is 0.325 e. The largest absolute Gasteiger partial charge is 0.379 e. The van der Waals surface area contributed by atoms with Crippen LogP contribution in [0.25, 0.3) is 0 Å². The molecule has 6 heteroatoms. The number of benzene rings is 2. The SMILES string of the molecule is O=P(O)(O)CCCNCc1ccc(CCCCCC2(c3ccccc3)COC2)cc1. The maximum absolute atomic E-state index is 10.8. The average Bonchev–Trinajstić information content (AvgIpc) is 2.70. The van der Waals surface area contributed by atoms with Crippen molar-refractivity contribution in [2.75, 3.05) is 25.9 Å². The number of nitrogens with one attached hydrogen (secondary N) is 1. The highest BCUT2D eigenvalue weighted by molar-refractivity contribution is 7.51. The van der Waals surface area contributed by atoms with Crippen LogP contribution in [0.4, 0.5) is 0 Å². The number of aryl methyl sites for hydroxylation is 1. The molecule has 0 saturated carbocycles. The highest BCUT2D eigenvalue weighted by Crippen LogP contribution is 2.37. The molecule has 1 aliphatic heterocycles. The van der Waals surface area contributed by atoms with Crippen LogP contribution in [0, 0.1) is 0 Å². The van der Waals surface area contributed by atoms with Crippen LogP contribution in [-0.2, 0) is 27.7 Å². The number of hydrogen-bond acceptors (Lipinski definition) is 3. The van der Waals surface area contributed by atoms with E-state index >= 15 is 0 Å². The van der Waals surface area contributed by atoms with E-state index < -0.39 is 7.60 Å². The third kappa shape index (κ3) is 7.33. The molecule has 1 heterocycles. The first kappa shape index (κ1) is 23.2. The summed E-state index contributed by atoms with van der Waals surface area (Å²) in [6.07, 6.45) is 6.39. The minimum absolute atomic E-state index is 0.0571. The molecule has 0 aromatic heterocycles. The molecule has 164 valence electrons. The predicted octanol–water partition coefficient (Wildman–Crippen LogP) is 4.42. The first-order chi connectivity index (χ1) is 14.5. The fourth-order valence-corrected chi connectivity index (χ4v) is 4.60. The van der Waals surface area contributed by atoms with E-state index in [4.69, 9.17) is 14.5 Å². The summed E-state index contributed by atoms with van der Waals surface area (Å²) < 4.78 is 16.4. The lowest BCUT2D eigenvalue weighted by molar-refractivity contribution is -0.0654. The number of rotatable bonds is 13. The summed E-state index contributed by atoms with van der Waals surface area (Å²) in [4.78, 5) is 17.7. The van der Waals surface area contributed by atoms with E-state index in [2.05, 4.69) is 59.9 Å². The molecule has 5 nitrogen and oxygen atoms in total. The van der Waals surface area contributed by atoms with Gasteiger partial charge in [-0.1, -0.05) is 67.4 Å². The normalized spacial score (nSPS) is 15.7. The quantitative estimate of drug-likeness (QED) is 0.323. The molecule has 0 atom stereocenters. The summed E-state index contributed by atoms with van der Waals surface area (Å²) in [6.45, 7) is 3.05. The third-order valence-electron chi connectivity index (χ3n) is 5.92.